The summed E-state index contributed by atoms with van der Waals surface area (Å²) in [6, 6.07) is 9.69. The van der Waals surface area contributed by atoms with Crippen LogP contribution in [0.5, 0.6) is 17.2 Å². The van der Waals surface area contributed by atoms with Gasteiger partial charge in [-0.3, -0.25) is 0 Å². The Bertz CT molecular complexity index is 793. The lowest BCUT2D eigenvalue weighted by Gasteiger charge is -2.29. The molecule has 1 aliphatic rings. The molecule has 7 heteroatoms. The molecule has 0 fully saturated rings. The van der Waals surface area contributed by atoms with Crippen LogP contribution in [0.25, 0.3) is 0 Å². The van der Waals surface area contributed by atoms with Gasteiger partial charge in [-0.15, -0.1) is 13.2 Å². The zero-order valence-corrected chi connectivity index (χ0v) is 15.2. The quantitative estimate of drug-likeness (QED) is 0.793. The predicted molar refractivity (Wildman–Crippen MR) is 95.5 cm³/mol. The van der Waals surface area contributed by atoms with E-state index in [0.717, 1.165) is 17.5 Å². The van der Waals surface area contributed by atoms with E-state index >= 15 is 0 Å². The number of benzene rings is 2. The van der Waals surface area contributed by atoms with Crippen LogP contribution in [0.1, 0.15) is 36.6 Å². The van der Waals surface area contributed by atoms with Crippen molar-refractivity contribution in [2.24, 2.45) is 0 Å². The van der Waals surface area contributed by atoms with Gasteiger partial charge in [0.05, 0.1) is 19.3 Å². The highest BCUT2D eigenvalue weighted by atomic mass is 19.4. The Morgan fingerprint density at radius 2 is 1.74 bits per heavy atom. The molecule has 2 aromatic rings. The molecule has 1 atom stereocenters. The first-order valence-electron chi connectivity index (χ1n) is 8.92. The van der Waals surface area contributed by atoms with E-state index in [-0.39, 0.29) is 11.8 Å². The number of nitrogens with one attached hydrogen (secondary N) is 1. The summed E-state index contributed by atoms with van der Waals surface area (Å²) in [5.74, 6) is 1.09. The third-order valence-electron chi connectivity index (χ3n) is 4.28. The normalized spacial score (nSPS) is 16.6. The standard InChI is InChI=1S/C20H22F3NO3/c1-3-25-17-11-13-8-9-24-19(16(13)12-18(17)26-4-2)14-6-5-7-15(10-14)27-20(21,22)23/h5-7,10-12,19,24H,3-4,8-9H2,1-2H3/t19-/m1/s1. The van der Waals surface area contributed by atoms with Gasteiger partial charge in [0.2, 0.25) is 0 Å². The summed E-state index contributed by atoms with van der Waals surface area (Å²) in [5.41, 5.74) is 2.76. The van der Waals surface area contributed by atoms with Gasteiger partial charge in [0.1, 0.15) is 5.75 Å². The smallest absolute Gasteiger partial charge is 0.490 e. The van der Waals surface area contributed by atoms with E-state index in [4.69, 9.17) is 9.47 Å². The van der Waals surface area contributed by atoms with Crippen LogP contribution >= 0.6 is 0 Å². The summed E-state index contributed by atoms with van der Waals surface area (Å²) in [6.45, 7) is 5.53. The van der Waals surface area contributed by atoms with E-state index in [2.05, 4.69) is 10.1 Å². The molecule has 0 bridgehead atoms. The van der Waals surface area contributed by atoms with Gasteiger partial charge in [-0.2, -0.15) is 0 Å². The highest BCUT2D eigenvalue weighted by molar-refractivity contribution is 5.52. The van der Waals surface area contributed by atoms with Gasteiger partial charge in [0.15, 0.2) is 11.5 Å². The Balaban J connectivity index is 1.98. The maximum Gasteiger partial charge on any atom is 0.573 e. The van der Waals surface area contributed by atoms with Gasteiger partial charge in [-0.25, -0.2) is 0 Å². The number of hydrogen-bond donors (Lipinski definition) is 1. The minimum absolute atomic E-state index is 0.232. The summed E-state index contributed by atoms with van der Waals surface area (Å²) in [4.78, 5) is 0. The van der Waals surface area contributed by atoms with Crippen molar-refractivity contribution in [3.8, 4) is 17.2 Å². The number of ether oxygens (including phenoxy) is 3. The molecule has 0 radical (unpaired) electrons. The zero-order chi connectivity index (χ0) is 19.4. The van der Waals surface area contributed by atoms with Crippen LogP contribution in [-0.2, 0) is 6.42 Å². The molecule has 0 spiro atoms. The van der Waals surface area contributed by atoms with E-state index in [1.807, 2.05) is 26.0 Å². The molecule has 1 heterocycles. The van der Waals surface area contributed by atoms with Crippen molar-refractivity contribution in [3.05, 3.63) is 53.1 Å². The maximum absolute atomic E-state index is 12.5. The first-order valence-corrected chi connectivity index (χ1v) is 8.92. The lowest BCUT2D eigenvalue weighted by Crippen LogP contribution is -2.30. The number of rotatable bonds is 6. The van der Waals surface area contributed by atoms with E-state index in [1.165, 1.54) is 12.1 Å². The van der Waals surface area contributed by atoms with Gasteiger partial charge >= 0.3 is 6.36 Å². The van der Waals surface area contributed by atoms with Gasteiger partial charge in [-0.1, -0.05) is 12.1 Å². The number of halogens is 3. The van der Waals surface area contributed by atoms with E-state index < -0.39 is 6.36 Å². The van der Waals surface area contributed by atoms with E-state index in [1.54, 1.807) is 12.1 Å². The van der Waals surface area contributed by atoms with Crippen LogP contribution in [0.15, 0.2) is 36.4 Å². The molecule has 0 saturated carbocycles. The Morgan fingerprint density at radius 1 is 1.04 bits per heavy atom. The lowest BCUT2D eigenvalue weighted by atomic mass is 9.89. The molecule has 2 aromatic carbocycles. The molecule has 0 unspecified atom stereocenters. The second kappa shape index (κ2) is 8.08. The Morgan fingerprint density at radius 3 is 2.41 bits per heavy atom. The van der Waals surface area contributed by atoms with Crippen molar-refractivity contribution in [1.82, 2.24) is 5.32 Å². The maximum atomic E-state index is 12.5. The van der Waals surface area contributed by atoms with Crippen molar-refractivity contribution >= 4 is 0 Å². The van der Waals surface area contributed by atoms with E-state index in [0.29, 0.717) is 36.8 Å². The monoisotopic (exact) mass is 381 g/mol. The zero-order valence-electron chi connectivity index (χ0n) is 15.2. The third kappa shape index (κ3) is 4.66. The average molecular weight is 381 g/mol. The van der Waals surface area contributed by atoms with Crippen LogP contribution in [0.3, 0.4) is 0 Å². The van der Waals surface area contributed by atoms with E-state index in [9.17, 15) is 13.2 Å². The number of alkyl halides is 3. The van der Waals surface area contributed by atoms with Crippen molar-refractivity contribution in [2.45, 2.75) is 32.7 Å². The highest BCUT2D eigenvalue weighted by Gasteiger charge is 2.31. The second-order valence-electron chi connectivity index (χ2n) is 6.12. The Hall–Kier alpha value is -2.41. The first-order chi connectivity index (χ1) is 12.9. The molecule has 146 valence electrons. The van der Waals surface area contributed by atoms with Crippen molar-refractivity contribution < 1.29 is 27.4 Å². The molecule has 1 N–H and O–H groups in total. The summed E-state index contributed by atoms with van der Waals surface area (Å²) >= 11 is 0. The molecule has 4 nitrogen and oxygen atoms in total. The minimum atomic E-state index is -4.72. The fourth-order valence-electron chi connectivity index (χ4n) is 3.29. The summed E-state index contributed by atoms with van der Waals surface area (Å²) in [5, 5.41) is 3.37. The molecule has 1 aliphatic heterocycles. The van der Waals surface area contributed by atoms with Gasteiger partial charge in [0.25, 0.3) is 0 Å². The molecular formula is C20H22F3NO3. The Labute approximate surface area is 156 Å². The van der Waals surface area contributed by atoms with Gasteiger partial charge in [0, 0.05) is 6.54 Å². The second-order valence-corrected chi connectivity index (χ2v) is 6.12. The van der Waals surface area contributed by atoms with Crippen LogP contribution in [0.4, 0.5) is 13.2 Å². The molecule has 0 saturated heterocycles. The minimum Gasteiger partial charge on any atom is -0.490 e. The molecule has 0 aliphatic carbocycles. The summed E-state index contributed by atoms with van der Waals surface area (Å²) < 4.78 is 53.1. The topological polar surface area (TPSA) is 39.7 Å². The SMILES string of the molecule is CCOc1cc2c(cc1OCC)[C@@H](c1cccc(OC(F)(F)F)c1)NCC2. The van der Waals surface area contributed by atoms with Gasteiger partial charge < -0.3 is 19.5 Å². The molecule has 27 heavy (non-hydrogen) atoms. The lowest BCUT2D eigenvalue weighted by molar-refractivity contribution is -0.274. The first kappa shape index (κ1) is 19.4. The predicted octanol–water partition coefficient (Wildman–Crippen LogP) is 4.62. The van der Waals surface area contributed by atoms with Crippen LogP contribution in [0.2, 0.25) is 0 Å². The number of fused-ring (bicyclic) bond motifs is 1. The van der Waals surface area contributed by atoms with Crippen molar-refractivity contribution in [1.29, 1.82) is 0 Å². The highest BCUT2D eigenvalue weighted by Crippen LogP contribution is 2.38. The fourth-order valence-corrected chi connectivity index (χ4v) is 3.29. The molecule has 0 aromatic heterocycles. The number of hydrogen-bond acceptors (Lipinski definition) is 4. The third-order valence-corrected chi connectivity index (χ3v) is 4.28. The van der Waals surface area contributed by atoms with Crippen molar-refractivity contribution in [2.75, 3.05) is 19.8 Å². The van der Waals surface area contributed by atoms with Crippen LogP contribution < -0.4 is 19.5 Å². The van der Waals surface area contributed by atoms with Crippen molar-refractivity contribution in [3.63, 3.8) is 0 Å². The van der Waals surface area contributed by atoms with Gasteiger partial charge in [-0.05, 0) is 61.2 Å². The molecule has 3 rings (SSSR count). The fraction of sp³-hybridized carbons (Fsp3) is 0.400. The largest absolute Gasteiger partial charge is 0.573 e. The Kier molecular flexibility index (Phi) is 5.79. The molecule has 0 amide bonds. The summed E-state index contributed by atoms with van der Waals surface area (Å²) in [7, 11) is 0. The summed E-state index contributed by atoms with van der Waals surface area (Å²) in [6.07, 6.45) is -3.91. The average Bonchev–Trinajstić information content (AvgIpc) is 2.61. The molecular weight excluding hydrogens is 359 g/mol. The van der Waals surface area contributed by atoms with Crippen LogP contribution in [0, 0.1) is 0 Å². The van der Waals surface area contributed by atoms with Crippen LogP contribution in [-0.4, -0.2) is 26.1 Å².